The van der Waals surface area contributed by atoms with Crippen molar-refractivity contribution >= 4 is 17.2 Å². The molecule has 1 saturated carbocycles. The lowest BCUT2D eigenvalue weighted by Crippen LogP contribution is -2.38. The third-order valence-electron chi connectivity index (χ3n) is 3.28. The Hall–Kier alpha value is -1.34. The summed E-state index contributed by atoms with van der Waals surface area (Å²) in [5.41, 5.74) is 1.17. The molecule has 0 radical (unpaired) electrons. The number of nitrogens with zero attached hydrogens (tertiary/aromatic N) is 2. The molecule has 2 rings (SSSR count). The molecule has 1 atom stereocenters. The number of rotatable bonds is 5. The van der Waals surface area contributed by atoms with Gasteiger partial charge in [0.1, 0.15) is 5.92 Å². The van der Waals surface area contributed by atoms with Crippen LogP contribution in [-0.4, -0.2) is 16.8 Å². The van der Waals surface area contributed by atoms with Crippen LogP contribution in [0, 0.1) is 23.2 Å². The summed E-state index contributed by atoms with van der Waals surface area (Å²) in [6.07, 6.45) is 2.15. The number of carbonyl (C=O) groups is 1. The lowest BCUT2D eigenvalue weighted by atomic mass is 9.95. The minimum Gasteiger partial charge on any atom is -0.334 e. The molecule has 1 fully saturated rings. The van der Waals surface area contributed by atoms with E-state index in [4.69, 9.17) is 5.26 Å². The van der Waals surface area contributed by atoms with Gasteiger partial charge < -0.3 is 4.90 Å². The second-order valence-corrected chi connectivity index (χ2v) is 5.96. The largest absolute Gasteiger partial charge is 0.334 e. The molecular weight excluding hydrogens is 244 g/mol. The Balaban J connectivity index is 2.10. The van der Waals surface area contributed by atoms with Crippen molar-refractivity contribution in [3.63, 3.8) is 0 Å². The molecule has 18 heavy (non-hydrogen) atoms. The van der Waals surface area contributed by atoms with Crippen molar-refractivity contribution in [2.24, 2.45) is 11.8 Å². The van der Waals surface area contributed by atoms with Gasteiger partial charge in [-0.25, -0.2) is 0 Å². The van der Waals surface area contributed by atoms with Gasteiger partial charge in [0.2, 0.25) is 5.91 Å². The highest BCUT2D eigenvalue weighted by molar-refractivity contribution is 7.07. The molecule has 3 nitrogen and oxygen atoms in total. The van der Waals surface area contributed by atoms with E-state index in [0.29, 0.717) is 12.6 Å². The smallest absolute Gasteiger partial charge is 0.240 e. The normalized spacial score (nSPS) is 16.3. The summed E-state index contributed by atoms with van der Waals surface area (Å²) in [4.78, 5) is 14.3. The van der Waals surface area contributed by atoms with Gasteiger partial charge in [-0.3, -0.25) is 4.79 Å². The number of hydrogen-bond donors (Lipinski definition) is 0. The molecule has 1 aromatic rings. The van der Waals surface area contributed by atoms with Crippen molar-refractivity contribution in [3.05, 3.63) is 22.4 Å². The first kappa shape index (κ1) is 13.1. The second kappa shape index (κ2) is 5.53. The van der Waals surface area contributed by atoms with Gasteiger partial charge in [-0.15, -0.1) is 0 Å². The summed E-state index contributed by atoms with van der Waals surface area (Å²) in [6.45, 7) is 4.51. The molecule has 0 spiro atoms. The van der Waals surface area contributed by atoms with E-state index in [2.05, 4.69) is 11.4 Å². The van der Waals surface area contributed by atoms with Crippen LogP contribution in [0.4, 0.5) is 0 Å². The fourth-order valence-corrected chi connectivity index (χ4v) is 2.68. The van der Waals surface area contributed by atoms with Gasteiger partial charge in [0, 0.05) is 12.6 Å². The molecule has 96 valence electrons. The van der Waals surface area contributed by atoms with Crippen LogP contribution in [0.5, 0.6) is 0 Å². The average Bonchev–Trinajstić information content (AvgIpc) is 3.03. The third-order valence-corrected chi connectivity index (χ3v) is 4.01. The summed E-state index contributed by atoms with van der Waals surface area (Å²) >= 11 is 1.64. The lowest BCUT2D eigenvalue weighted by Gasteiger charge is -2.25. The zero-order valence-electron chi connectivity index (χ0n) is 10.8. The minimum atomic E-state index is -0.510. The Morgan fingerprint density at radius 2 is 2.33 bits per heavy atom. The van der Waals surface area contributed by atoms with E-state index in [1.807, 2.05) is 30.2 Å². The minimum absolute atomic E-state index is 0.00111. The van der Waals surface area contributed by atoms with Crippen LogP contribution in [0.3, 0.4) is 0 Å². The molecule has 1 aromatic heterocycles. The van der Waals surface area contributed by atoms with E-state index in [0.717, 1.165) is 12.8 Å². The maximum Gasteiger partial charge on any atom is 0.240 e. The highest BCUT2D eigenvalue weighted by atomic mass is 32.1. The van der Waals surface area contributed by atoms with Gasteiger partial charge in [0.05, 0.1) is 6.07 Å². The van der Waals surface area contributed by atoms with E-state index < -0.39 is 5.92 Å². The van der Waals surface area contributed by atoms with Gasteiger partial charge >= 0.3 is 0 Å². The van der Waals surface area contributed by atoms with Crippen molar-refractivity contribution < 1.29 is 4.79 Å². The van der Waals surface area contributed by atoms with E-state index in [9.17, 15) is 4.79 Å². The maximum atomic E-state index is 12.4. The van der Waals surface area contributed by atoms with E-state index in [-0.39, 0.29) is 11.8 Å². The van der Waals surface area contributed by atoms with E-state index in [1.54, 1.807) is 11.3 Å². The summed E-state index contributed by atoms with van der Waals surface area (Å²) in [6, 6.07) is 4.55. The van der Waals surface area contributed by atoms with Gasteiger partial charge in [0.25, 0.3) is 0 Å². The first-order valence-corrected chi connectivity index (χ1v) is 7.29. The highest BCUT2D eigenvalue weighted by Crippen LogP contribution is 2.31. The predicted molar refractivity (Wildman–Crippen MR) is 71.8 cm³/mol. The molecule has 0 bridgehead atoms. The third kappa shape index (κ3) is 2.91. The number of carbonyl (C=O) groups excluding carboxylic acids is 1. The van der Waals surface area contributed by atoms with Crippen LogP contribution in [0.2, 0.25) is 0 Å². The van der Waals surface area contributed by atoms with Crippen LogP contribution in [0.1, 0.15) is 32.3 Å². The first-order valence-electron chi connectivity index (χ1n) is 6.34. The molecular formula is C14H18N2OS. The number of nitriles is 1. The van der Waals surface area contributed by atoms with Crippen LogP contribution in [0.25, 0.3) is 0 Å². The Labute approximate surface area is 112 Å². The van der Waals surface area contributed by atoms with Gasteiger partial charge in [-0.2, -0.15) is 16.6 Å². The Morgan fingerprint density at radius 3 is 2.78 bits per heavy atom. The maximum absolute atomic E-state index is 12.4. The van der Waals surface area contributed by atoms with Crippen LogP contribution in [0.15, 0.2) is 16.8 Å². The van der Waals surface area contributed by atoms with Gasteiger partial charge in [-0.1, -0.05) is 13.8 Å². The van der Waals surface area contributed by atoms with E-state index >= 15 is 0 Å². The zero-order valence-corrected chi connectivity index (χ0v) is 11.6. The van der Waals surface area contributed by atoms with Crippen LogP contribution in [-0.2, 0) is 11.3 Å². The van der Waals surface area contributed by atoms with E-state index in [1.165, 1.54) is 5.56 Å². The monoisotopic (exact) mass is 262 g/mol. The predicted octanol–water partition coefficient (Wildman–Crippen LogP) is 3.03. The van der Waals surface area contributed by atoms with Crippen molar-refractivity contribution in [2.45, 2.75) is 39.3 Å². The molecule has 1 aliphatic carbocycles. The fourth-order valence-electron chi connectivity index (χ4n) is 2.02. The number of hydrogen-bond acceptors (Lipinski definition) is 3. The quantitative estimate of drug-likeness (QED) is 0.818. The molecule has 0 aromatic carbocycles. The number of amides is 1. The first-order chi connectivity index (χ1) is 8.63. The Bertz CT molecular complexity index is 443. The average molecular weight is 262 g/mol. The molecule has 1 unspecified atom stereocenters. The number of thiophene rings is 1. The molecule has 0 N–H and O–H groups in total. The standard InChI is InChI=1S/C14H18N2OS/c1-10(2)13(7-15)14(17)16(12-3-4-12)8-11-5-6-18-9-11/h5-6,9-10,12-13H,3-4,8H2,1-2H3. The zero-order chi connectivity index (χ0) is 13.1. The second-order valence-electron chi connectivity index (χ2n) is 5.18. The summed E-state index contributed by atoms with van der Waals surface area (Å²) < 4.78 is 0. The van der Waals surface area contributed by atoms with Crippen LogP contribution >= 0.6 is 11.3 Å². The van der Waals surface area contributed by atoms with Crippen molar-refractivity contribution in [2.75, 3.05) is 0 Å². The SMILES string of the molecule is CC(C)C(C#N)C(=O)N(Cc1ccsc1)C1CC1. The molecule has 0 saturated heterocycles. The topological polar surface area (TPSA) is 44.1 Å². The molecule has 1 heterocycles. The molecule has 1 aliphatic rings. The van der Waals surface area contributed by atoms with Crippen molar-refractivity contribution in [1.82, 2.24) is 4.90 Å². The molecule has 1 amide bonds. The van der Waals surface area contributed by atoms with Gasteiger partial charge in [-0.05, 0) is 41.1 Å². The van der Waals surface area contributed by atoms with Crippen LogP contribution < -0.4 is 0 Å². The summed E-state index contributed by atoms with van der Waals surface area (Å²) in [5, 5.41) is 13.2. The van der Waals surface area contributed by atoms with Crippen molar-refractivity contribution in [1.29, 1.82) is 5.26 Å². The summed E-state index contributed by atoms with van der Waals surface area (Å²) in [5.74, 6) is -0.434. The highest BCUT2D eigenvalue weighted by Gasteiger charge is 2.36. The Morgan fingerprint density at radius 1 is 1.61 bits per heavy atom. The van der Waals surface area contributed by atoms with Crippen molar-refractivity contribution in [3.8, 4) is 6.07 Å². The Kier molecular flexibility index (Phi) is 4.03. The lowest BCUT2D eigenvalue weighted by molar-refractivity contribution is -0.136. The fraction of sp³-hybridized carbons (Fsp3) is 0.571. The molecule has 0 aliphatic heterocycles. The molecule has 4 heteroatoms. The summed E-state index contributed by atoms with van der Waals surface area (Å²) in [7, 11) is 0. The van der Waals surface area contributed by atoms with Gasteiger partial charge in [0.15, 0.2) is 0 Å².